The molecule has 108 valence electrons. The highest BCUT2D eigenvalue weighted by Gasteiger charge is 2.38. The third kappa shape index (κ3) is 1.92. The fourth-order valence-corrected chi connectivity index (χ4v) is 3.01. The molecule has 0 saturated heterocycles. The van der Waals surface area contributed by atoms with Gasteiger partial charge < -0.3 is 10.2 Å². The second kappa shape index (κ2) is 4.84. The minimum atomic E-state index is -0.477. The Bertz CT molecular complexity index is 796. The monoisotopic (exact) mass is 290 g/mol. The Morgan fingerprint density at radius 3 is 2.50 bits per heavy atom. The molecule has 2 aromatic rings. The van der Waals surface area contributed by atoms with E-state index in [-0.39, 0.29) is 11.8 Å². The lowest BCUT2D eigenvalue weighted by molar-refractivity contribution is -0.119. The molecular weight excluding hydrogens is 276 g/mol. The van der Waals surface area contributed by atoms with E-state index in [0.29, 0.717) is 17.7 Å². The molecule has 2 aliphatic heterocycles. The van der Waals surface area contributed by atoms with Gasteiger partial charge in [0.1, 0.15) is 6.04 Å². The normalized spacial score (nSPS) is 19.9. The van der Waals surface area contributed by atoms with Crippen molar-refractivity contribution in [1.82, 2.24) is 4.90 Å². The Balaban J connectivity index is 1.78. The maximum absolute atomic E-state index is 12.7. The average molecular weight is 290 g/mol. The number of carbonyl (C=O) groups excluding carboxylic acids is 2. The summed E-state index contributed by atoms with van der Waals surface area (Å²) in [5.41, 5.74) is 3.17. The summed E-state index contributed by atoms with van der Waals surface area (Å²) in [4.78, 5) is 26.7. The number of carbonyl (C=O) groups is 2. The number of anilines is 1. The summed E-state index contributed by atoms with van der Waals surface area (Å²) in [6.07, 6.45) is 2.35. The quantitative estimate of drug-likeness (QED) is 0.878. The zero-order valence-corrected chi connectivity index (χ0v) is 11.8. The van der Waals surface area contributed by atoms with E-state index in [1.807, 2.05) is 42.6 Å². The summed E-state index contributed by atoms with van der Waals surface area (Å²) in [6, 6.07) is 16.5. The van der Waals surface area contributed by atoms with E-state index in [2.05, 4.69) is 5.32 Å². The molecule has 1 N–H and O–H groups in total. The fraction of sp³-hybridized carbons (Fsp3) is 0.111. The van der Waals surface area contributed by atoms with Gasteiger partial charge in [0.05, 0.1) is 11.3 Å². The van der Waals surface area contributed by atoms with Gasteiger partial charge in [-0.15, -0.1) is 0 Å². The van der Waals surface area contributed by atoms with Gasteiger partial charge in [-0.25, -0.2) is 0 Å². The molecule has 2 heterocycles. The SMILES string of the molecule is O=C1Nc2ccccc2C(=O)N2C=C(c3ccccc3)C[C@@H]12. The summed E-state index contributed by atoms with van der Waals surface area (Å²) < 4.78 is 0. The molecule has 0 fully saturated rings. The van der Waals surface area contributed by atoms with Crippen LogP contribution in [0.1, 0.15) is 22.3 Å². The molecule has 0 saturated carbocycles. The van der Waals surface area contributed by atoms with Crippen molar-refractivity contribution in [2.45, 2.75) is 12.5 Å². The van der Waals surface area contributed by atoms with Crippen LogP contribution in [0.3, 0.4) is 0 Å². The van der Waals surface area contributed by atoms with Crippen LogP contribution in [0.4, 0.5) is 5.69 Å². The van der Waals surface area contributed by atoms with E-state index >= 15 is 0 Å². The van der Waals surface area contributed by atoms with Gasteiger partial charge in [-0.1, -0.05) is 42.5 Å². The van der Waals surface area contributed by atoms with Gasteiger partial charge in [0.15, 0.2) is 0 Å². The highest BCUT2D eigenvalue weighted by atomic mass is 16.2. The molecule has 22 heavy (non-hydrogen) atoms. The second-order valence-electron chi connectivity index (χ2n) is 5.49. The van der Waals surface area contributed by atoms with Crippen LogP contribution in [-0.2, 0) is 4.79 Å². The number of amides is 2. The number of fused-ring (bicyclic) bond motifs is 2. The van der Waals surface area contributed by atoms with Crippen LogP contribution in [0.2, 0.25) is 0 Å². The molecule has 2 amide bonds. The molecule has 2 aromatic carbocycles. The largest absolute Gasteiger partial charge is 0.324 e. The molecule has 0 aliphatic carbocycles. The summed E-state index contributed by atoms with van der Waals surface area (Å²) in [5.74, 6) is -0.273. The standard InChI is InChI=1S/C18H14N2O2/c21-17-16-10-13(12-6-2-1-3-7-12)11-20(16)18(22)14-8-4-5-9-15(14)19-17/h1-9,11,16H,10H2,(H,19,21)/t16-/m0/s1. The highest BCUT2D eigenvalue weighted by molar-refractivity contribution is 6.11. The van der Waals surface area contributed by atoms with Crippen molar-refractivity contribution < 1.29 is 9.59 Å². The Morgan fingerprint density at radius 2 is 1.68 bits per heavy atom. The molecule has 0 bridgehead atoms. The van der Waals surface area contributed by atoms with Crippen LogP contribution >= 0.6 is 0 Å². The molecule has 0 spiro atoms. The van der Waals surface area contributed by atoms with Crippen LogP contribution in [0.25, 0.3) is 5.57 Å². The summed E-state index contributed by atoms with van der Waals surface area (Å²) in [6.45, 7) is 0. The number of hydrogen-bond acceptors (Lipinski definition) is 2. The third-order valence-electron chi connectivity index (χ3n) is 4.14. The smallest absolute Gasteiger partial charge is 0.260 e. The van der Waals surface area contributed by atoms with Gasteiger partial charge in [-0.2, -0.15) is 0 Å². The molecule has 0 radical (unpaired) electrons. The molecule has 0 unspecified atom stereocenters. The molecule has 2 aliphatic rings. The molecule has 1 atom stereocenters. The third-order valence-corrected chi connectivity index (χ3v) is 4.14. The van der Waals surface area contributed by atoms with Crippen LogP contribution in [0.5, 0.6) is 0 Å². The number of hydrogen-bond donors (Lipinski definition) is 1. The van der Waals surface area contributed by atoms with E-state index in [4.69, 9.17) is 0 Å². The predicted molar refractivity (Wildman–Crippen MR) is 84.1 cm³/mol. The van der Waals surface area contributed by atoms with Gasteiger partial charge in [-0.3, -0.25) is 9.59 Å². The first kappa shape index (κ1) is 12.8. The summed E-state index contributed by atoms with van der Waals surface area (Å²) in [5, 5.41) is 2.86. The molecule has 4 nitrogen and oxygen atoms in total. The highest BCUT2D eigenvalue weighted by Crippen LogP contribution is 2.34. The van der Waals surface area contributed by atoms with Gasteiger partial charge in [-0.05, 0) is 23.3 Å². The van der Waals surface area contributed by atoms with E-state index in [0.717, 1.165) is 11.1 Å². The molecular formula is C18H14N2O2. The predicted octanol–water partition coefficient (Wildman–Crippen LogP) is 2.89. The lowest BCUT2D eigenvalue weighted by atomic mass is 10.0. The van der Waals surface area contributed by atoms with E-state index in [1.54, 1.807) is 23.1 Å². The van der Waals surface area contributed by atoms with Crippen LogP contribution in [0.15, 0.2) is 60.8 Å². The lowest BCUT2D eigenvalue weighted by Gasteiger charge is -2.18. The first-order chi connectivity index (χ1) is 10.7. The van der Waals surface area contributed by atoms with Crippen molar-refractivity contribution in [2.24, 2.45) is 0 Å². The Kier molecular flexibility index (Phi) is 2.82. The van der Waals surface area contributed by atoms with E-state index in [1.165, 1.54) is 0 Å². The summed E-state index contributed by atoms with van der Waals surface area (Å²) in [7, 11) is 0. The number of benzene rings is 2. The van der Waals surface area contributed by atoms with Gasteiger partial charge >= 0.3 is 0 Å². The maximum Gasteiger partial charge on any atom is 0.260 e. The molecule has 4 heteroatoms. The van der Waals surface area contributed by atoms with Crippen LogP contribution < -0.4 is 5.32 Å². The second-order valence-corrected chi connectivity index (χ2v) is 5.49. The van der Waals surface area contributed by atoms with Gasteiger partial charge in [0.2, 0.25) is 5.91 Å². The van der Waals surface area contributed by atoms with Crippen molar-refractivity contribution in [3.05, 3.63) is 71.9 Å². The van der Waals surface area contributed by atoms with Crippen molar-refractivity contribution in [1.29, 1.82) is 0 Å². The lowest BCUT2D eigenvalue weighted by Crippen LogP contribution is -2.38. The minimum Gasteiger partial charge on any atom is -0.324 e. The van der Waals surface area contributed by atoms with Crippen LogP contribution in [-0.4, -0.2) is 22.8 Å². The number of nitrogens with zero attached hydrogens (tertiary/aromatic N) is 1. The van der Waals surface area contributed by atoms with E-state index in [9.17, 15) is 9.59 Å². The summed E-state index contributed by atoms with van der Waals surface area (Å²) >= 11 is 0. The topological polar surface area (TPSA) is 49.4 Å². The minimum absolute atomic E-state index is 0.134. The number of rotatable bonds is 1. The Morgan fingerprint density at radius 1 is 0.955 bits per heavy atom. The first-order valence-corrected chi connectivity index (χ1v) is 7.23. The van der Waals surface area contributed by atoms with E-state index < -0.39 is 6.04 Å². The molecule has 4 rings (SSSR count). The molecule has 0 aromatic heterocycles. The zero-order chi connectivity index (χ0) is 15.1. The fourth-order valence-electron chi connectivity index (χ4n) is 3.01. The van der Waals surface area contributed by atoms with Crippen molar-refractivity contribution in [3.8, 4) is 0 Å². The van der Waals surface area contributed by atoms with Gasteiger partial charge in [0, 0.05) is 12.6 Å². The van der Waals surface area contributed by atoms with Crippen molar-refractivity contribution in [2.75, 3.05) is 5.32 Å². The number of nitrogens with one attached hydrogen (secondary N) is 1. The Hall–Kier alpha value is -2.88. The zero-order valence-electron chi connectivity index (χ0n) is 11.8. The van der Waals surface area contributed by atoms with Crippen LogP contribution in [0, 0.1) is 0 Å². The maximum atomic E-state index is 12.7. The first-order valence-electron chi connectivity index (χ1n) is 7.23. The average Bonchev–Trinajstić information content (AvgIpc) is 2.97. The number of para-hydroxylation sites is 1. The Labute approximate surface area is 128 Å². The van der Waals surface area contributed by atoms with Crippen molar-refractivity contribution >= 4 is 23.1 Å². The van der Waals surface area contributed by atoms with Gasteiger partial charge in [0.25, 0.3) is 5.91 Å². The van der Waals surface area contributed by atoms with Crippen molar-refractivity contribution in [3.63, 3.8) is 0 Å².